The lowest BCUT2D eigenvalue weighted by Gasteiger charge is -2.32. The Bertz CT molecular complexity index is 1020. The van der Waals surface area contributed by atoms with Crippen molar-refractivity contribution in [2.24, 2.45) is 0 Å². The maximum absolute atomic E-state index is 13.3. The van der Waals surface area contributed by atoms with Crippen LogP contribution in [-0.4, -0.2) is 57.7 Å². The number of methoxy groups -OCH3 is 4. The van der Waals surface area contributed by atoms with Crippen LogP contribution in [-0.2, 0) is 22.6 Å². The number of benzene rings is 2. The maximum atomic E-state index is 13.3. The fourth-order valence-corrected chi connectivity index (χ4v) is 4.29. The van der Waals surface area contributed by atoms with E-state index in [9.17, 15) is 9.59 Å². The van der Waals surface area contributed by atoms with Gasteiger partial charge in [0.15, 0.2) is 11.5 Å². The summed E-state index contributed by atoms with van der Waals surface area (Å²) in [6.07, 6.45) is 0.899. The number of hydrogen-bond acceptors (Lipinski definition) is 7. The van der Waals surface area contributed by atoms with E-state index in [0.29, 0.717) is 41.8 Å². The molecule has 1 atom stereocenters. The summed E-state index contributed by atoms with van der Waals surface area (Å²) in [5.41, 5.74) is 2.67. The maximum Gasteiger partial charge on any atom is 0.251 e. The Hall–Kier alpha value is -3.26. The number of hydrogen-bond donors (Lipinski definition) is 0. The van der Waals surface area contributed by atoms with Gasteiger partial charge in [0.05, 0.1) is 46.6 Å². The van der Waals surface area contributed by atoms with Gasteiger partial charge in [0, 0.05) is 19.2 Å². The number of carbonyl (C=O) groups excluding carboxylic acids is 2. The smallest absolute Gasteiger partial charge is 0.251 e. The first kappa shape index (κ1) is 21.0. The summed E-state index contributed by atoms with van der Waals surface area (Å²) in [6, 6.07) is 8.48. The topological polar surface area (TPSA) is 77.5 Å². The van der Waals surface area contributed by atoms with E-state index in [-0.39, 0.29) is 18.2 Å². The Kier molecular flexibility index (Phi) is 5.73. The molecular formula is C23H26N2O6. The van der Waals surface area contributed by atoms with Crippen LogP contribution in [0.4, 0.5) is 5.69 Å². The predicted octanol–water partition coefficient (Wildman–Crippen LogP) is 2.41. The minimum absolute atomic E-state index is 0.136. The summed E-state index contributed by atoms with van der Waals surface area (Å²) in [6.45, 7) is 1.24. The number of rotatable bonds is 6. The van der Waals surface area contributed by atoms with E-state index in [4.69, 9.17) is 18.9 Å². The molecule has 31 heavy (non-hydrogen) atoms. The third kappa shape index (κ3) is 3.67. The van der Waals surface area contributed by atoms with E-state index < -0.39 is 6.04 Å². The van der Waals surface area contributed by atoms with Crippen molar-refractivity contribution in [1.82, 2.24) is 4.90 Å². The van der Waals surface area contributed by atoms with Crippen molar-refractivity contribution in [3.05, 3.63) is 41.5 Å². The molecule has 0 spiro atoms. The molecule has 2 aromatic rings. The largest absolute Gasteiger partial charge is 0.497 e. The number of ether oxygens (including phenoxy) is 4. The van der Waals surface area contributed by atoms with Crippen molar-refractivity contribution in [2.75, 3.05) is 39.9 Å². The minimum Gasteiger partial charge on any atom is -0.497 e. The van der Waals surface area contributed by atoms with Gasteiger partial charge in [0.2, 0.25) is 5.91 Å². The number of nitrogens with zero attached hydrogens (tertiary/aromatic N) is 2. The molecule has 0 bridgehead atoms. The van der Waals surface area contributed by atoms with Gasteiger partial charge in [-0.1, -0.05) is 0 Å². The number of anilines is 1. The molecule has 2 aromatic carbocycles. The van der Waals surface area contributed by atoms with Gasteiger partial charge in [-0.3, -0.25) is 14.5 Å². The first-order valence-corrected chi connectivity index (χ1v) is 10.1. The van der Waals surface area contributed by atoms with Crippen molar-refractivity contribution in [3.8, 4) is 23.0 Å². The van der Waals surface area contributed by atoms with Crippen molar-refractivity contribution in [3.63, 3.8) is 0 Å². The summed E-state index contributed by atoms with van der Waals surface area (Å²) in [5, 5.41) is 0. The first-order chi connectivity index (χ1) is 15.0. The highest BCUT2D eigenvalue weighted by Gasteiger charge is 2.44. The van der Waals surface area contributed by atoms with Gasteiger partial charge < -0.3 is 18.9 Å². The first-order valence-electron chi connectivity index (χ1n) is 10.1. The molecule has 1 fully saturated rings. The van der Waals surface area contributed by atoms with Gasteiger partial charge in [-0.15, -0.1) is 0 Å². The van der Waals surface area contributed by atoms with Crippen molar-refractivity contribution in [2.45, 2.75) is 25.4 Å². The molecule has 0 radical (unpaired) electrons. The lowest BCUT2D eigenvalue weighted by Crippen LogP contribution is -2.44. The summed E-state index contributed by atoms with van der Waals surface area (Å²) >= 11 is 0. The second kappa shape index (κ2) is 8.47. The number of carbonyl (C=O) groups is 2. The molecule has 8 nitrogen and oxygen atoms in total. The van der Waals surface area contributed by atoms with E-state index in [0.717, 1.165) is 12.0 Å². The second-order valence-electron chi connectivity index (χ2n) is 7.52. The minimum atomic E-state index is -0.513. The van der Waals surface area contributed by atoms with Crippen LogP contribution in [0.5, 0.6) is 23.0 Å². The predicted molar refractivity (Wildman–Crippen MR) is 114 cm³/mol. The molecule has 164 valence electrons. The quantitative estimate of drug-likeness (QED) is 0.657. The van der Waals surface area contributed by atoms with Gasteiger partial charge in [-0.2, -0.15) is 0 Å². The van der Waals surface area contributed by atoms with Crippen LogP contribution in [0.1, 0.15) is 17.5 Å². The van der Waals surface area contributed by atoms with E-state index in [1.807, 2.05) is 12.1 Å². The van der Waals surface area contributed by atoms with E-state index in [1.165, 1.54) is 17.6 Å². The van der Waals surface area contributed by atoms with Gasteiger partial charge in [0.25, 0.3) is 5.91 Å². The standard InChI is InChI=1S/C23H26N2O6/c1-28-16-5-6-17(19(11-16)29-2)25-22(26)12-18(23(25)27)24-8-7-14-9-20(30-3)21(31-4)10-15(14)13-24/h5-6,9-11,18H,7-8,12-13H2,1-4H3/t18-/m1/s1. The van der Waals surface area contributed by atoms with Gasteiger partial charge in [0.1, 0.15) is 11.5 Å². The Morgan fingerprint density at radius 3 is 2.16 bits per heavy atom. The van der Waals surface area contributed by atoms with Crippen LogP contribution in [0.3, 0.4) is 0 Å². The molecule has 2 amide bonds. The third-order valence-electron chi connectivity index (χ3n) is 5.94. The fraction of sp³-hybridized carbons (Fsp3) is 0.391. The molecule has 4 rings (SSSR count). The van der Waals surface area contributed by atoms with Crippen molar-refractivity contribution < 1.29 is 28.5 Å². The summed E-state index contributed by atoms with van der Waals surface area (Å²) in [7, 11) is 6.27. The van der Waals surface area contributed by atoms with Gasteiger partial charge >= 0.3 is 0 Å². The number of fused-ring (bicyclic) bond motifs is 1. The molecule has 0 aromatic heterocycles. The number of amides is 2. The second-order valence-corrected chi connectivity index (χ2v) is 7.52. The molecular weight excluding hydrogens is 400 g/mol. The Morgan fingerprint density at radius 1 is 0.839 bits per heavy atom. The average molecular weight is 426 g/mol. The third-order valence-corrected chi connectivity index (χ3v) is 5.94. The lowest BCUT2D eigenvalue weighted by molar-refractivity contribution is -0.123. The molecule has 8 heteroatoms. The summed E-state index contributed by atoms with van der Waals surface area (Å²) < 4.78 is 21.4. The molecule has 2 heterocycles. The van der Waals surface area contributed by atoms with Gasteiger partial charge in [-0.05, 0) is 41.8 Å². The molecule has 2 aliphatic heterocycles. The van der Waals surface area contributed by atoms with Crippen LogP contribution >= 0.6 is 0 Å². The number of imide groups is 1. The normalized spacial score (nSPS) is 18.7. The highest BCUT2D eigenvalue weighted by molar-refractivity contribution is 6.23. The van der Waals surface area contributed by atoms with Crippen LogP contribution in [0.25, 0.3) is 0 Å². The summed E-state index contributed by atoms with van der Waals surface area (Å²) in [5.74, 6) is 1.88. The molecule has 0 aliphatic carbocycles. The van der Waals surface area contributed by atoms with Crippen LogP contribution < -0.4 is 23.8 Å². The van der Waals surface area contributed by atoms with Gasteiger partial charge in [-0.25, -0.2) is 4.90 Å². The van der Waals surface area contributed by atoms with E-state index >= 15 is 0 Å². The monoisotopic (exact) mass is 426 g/mol. The van der Waals surface area contributed by atoms with Crippen LogP contribution in [0.2, 0.25) is 0 Å². The zero-order chi connectivity index (χ0) is 22.1. The Morgan fingerprint density at radius 2 is 1.52 bits per heavy atom. The average Bonchev–Trinajstić information content (AvgIpc) is 3.10. The molecule has 2 aliphatic rings. The lowest BCUT2D eigenvalue weighted by atomic mass is 9.97. The molecule has 0 saturated carbocycles. The Labute approximate surface area is 181 Å². The zero-order valence-electron chi connectivity index (χ0n) is 18.1. The molecule has 1 saturated heterocycles. The molecule has 0 unspecified atom stereocenters. The van der Waals surface area contributed by atoms with E-state index in [1.54, 1.807) is 39.5 Å². The SMILES string of the molecule is COc1ccc(N2C(=O)C[C@@H](N3CCc4cc(OC)c(OC)cc4C3)C2=O)c(OC)c1. The Balaban J connectivity index is 1.59. The fourth-order valence-electron chi connectivity index (χ4n) is 4.29. The van der Waals surface area contributed by atoms with Crippen molar-refractivity contribution >= 4 is 17.5 Å². The van der Waals surface area contributed by atoms with E-state index in [2.05, 4.69) is 4.90 Å². The molecule has 0 N–H and O–H groups in total. The highest BCUT2D eigenvalue weighted by atomic mass is 16.5. The highest BCUT2D eigenvalue weighted by Crippen LogP contribution is 2.38. The van der Waals surface area contributed by atoms with Crippen LogP contribution in [0, 0.1) is 0 Å². The van der Waals surface area contributed by atoms with Crippen molar-refractivity contribution in [1.29, 1.82) is 0 Å². The zero-order valence-corrected chi connectivity index (χ0v) is 18.1. The van der Waals surface area contributed by atoms with Crippen LogP contribution in [0.15, 0.2) is 30.3 Å². The summed E-state index contributed by atoms with van der Waals surface area (Å²) in [4.78, 5) is 29.4.